The van der Waals surface area contributed by atoms with Gasteiger partial charge in [-0.3, -0.25) is 9.20 Å². The van der Waals surface area contributed by atoms with E-state index in [1.54, 1.807) is 34.0 Å². The number of carbonyl (C=O) groups excluding carboxylic acids is 1. The normalized spacial score (nSPS) is 10.9. The van der Waals surface area contributed by atoms with Crippen LogP contribution in [0, 0.1) is 11.6 Å². The Morgan fingerprint density at radius 3 is 2.63 bits per heavy atom. The fourth-order valence-corrected chi connectivity index (χ4v) is 4.01. The SMILES string of the molecule is COC(=O)Cc1csc2nc(-c3c(F)cccc3OC)c(Nc3ccc(F)cc3)n12. The number of rotatable bonds is 6. The van der Waals surface area contributed by atoms with Crippen LogP contribution in [0.15, 0.2) is 47.8 Å². The predicted molar refractivity (Wildman–Crippen MR) is 110 cm³/mol. The van der Waals surface area contributed by atoms with Crippen molar-refractivity contribution in [1.82, 2.24) is 9.38 Å². The summed E-state index contributed by atoms with van der Waals surface area (Å²) in [7, 11) is 2.76. The lowest BCUT2D eigenvalue weighted by atomic mass is 10.1. The lowest BCUT2D eigenvalue weighted by Crippen LogP contribution is -2.08. The Morgan fingerprint density at radius 1 is 1.17 bits per heavy atom. The maximum Gasteiger partial charge on any atom is 0.311 e. The molecule has 0 unspecified atom stereocenters. The van der Waals surface area contributed by atoms with Crippen LogP contribution in [0.1, 0.15) is 5.69 Å². The minimum Gasteiger partial charge on any atom is -0.496 e. The third-order valence-corrected chi connectivity index (χ3v) is 5.40. The monoisotopic (exact) mass is 429 g/mol. The van der Waals surface area contributed by atoms with Crippen molar-refractivity contribution >= 4 is 33.8 Å². The summed E-state index contributed by atoms with van der Waals surface area (Å²) in [5, 5.41) is 4.97. The molecule has 0 spiro atoms. The molecule has 1 N–H and O–H groups in total. The molecule has 0 radical (unpaired) electrons. The number of benzene rings is 2. The Morgan fingerprint density at radius 2 is 1.93 bits per heavy atom. The zero-order valence-electron chi connectivity index (χ0n) is 16.1. The largest absolute Gasteiger partial charge is 0.496 e. The molecule has 0 saturated heterocycles. The lowest BCUT2D eigenvalue weighted by Gasteiger charge is -2.12. The molecule has 0 aliphatic heterocycles. The summed E-state index contributed by atoms with van der Waals surface area (Å²) in [6.45, 7) is 0. The number of ether oxygens (including phenoxy) is 2. The highest BCUT2D eigenvalue weighted by Gasteiger charge is 2.24. The quantitative estimate of drug-likeness (QED) is 0.446. The number of anilines is 2. The number of aromatic nitrogens is 2. The molecule has 2 aromatic heterocycles. The number of imidazole rings is 1. The second kappa shape index (κ2) is 8.11. The van der Waals surface area contributed by atoms with Crippen molar-refractivity contribution < 1.29 is 23.0 Å². The highest BCUT2D eigenvalue weighted by Crippen LogP contribution is 2.40. The maximum absolute atomic E-state index is 14.8. The molecule has 0 aliphatic carbocycles. The molecule has 6 nitrogen and oxygen atoms in total. The van der Waals surface area contributed by atoms with Gasteiger partial charge in [-0.15, -0.1) is 11.3 Å². The van der Waals surface area contributed by atoms with Gasteiger partial charge >= 0.3 is 5.97 Å². The van der Waals surface area contributed by atoms with Crippen LogP contribution in [0.4, 0.5) is 20.3 Å². The summed E-state index contributed by atoms with van der Waals surface area (Å²) < 4.78 is 40.0. The molecule has 0 bridgehead atoms. The fraction of sp³-hybridized carbons (Fsp3) is 0.143. The first kappa shape index (κ1) is 19.8. The Labute approximate surface area is 174 Å². The highest BCUT2D eigenvalue weighted by atomic mass is 32.1. The van der Waals surface area contributed by atoms with Crippen LogP contribution in [-0.4, -0.2) is 29.6 Å². The molecule has 0 saturated carbocycles. The molecule has 0 fully saturated rings. The van der Waals surface area contributed by atoms with Crippen molar-refractivity contribution in [2.75, 3.05) is 19.5 Å². The van der Waals surface area contributed by atoms with E-state index in [0.717, 1.165) is 0 Å². The second-order valence-corrected chi connectivity index (χ2v) is 7.19. The summed E-state index contributed by atoms with van der Waals surface area (Å²) in [6, 6.07) is 10.3. The van der Waals surface area contributed by atoms with Gasteiger partial charge in [0.15, 0.2) is 4.96 Å². The third-order valence-electron chi connectivity index (χ3n) is 4.53. The first-order valence-electron chi connectivity index (χ1n) is 8.93. The molecule has 0 atom stereocenters. The van der Waals surface area contributed by atoms with Crippen LogP contribution >= 0.6 is 11.3 Å². The lowest BCUT2D eigenvalue weighted by molar-refractivity contribution is -0.139. The third kappa shape index (κ3) is 3.59. The molecule has 9 heteroatoms. The van der Waals surface area contributed by atoms with E-state index in [1.165, 1.54) is 43.8 Å². The second-order valence-electron chi connectivity index (χ2n) is 6.36. The fourth-order valence-electron chi connectivity index (χ4n) is 3.12. The Balaban J connectivity index is 1.94. The van der Waals surface area contributed by atoms with Crippen LogP contribution in [0.3, 0.4) is 0 Å². The molecule has 4 aromatic rings. The van der Waals surface area contributed by atoms with E-state index >= 15 is 0 Å². The summed E-state index contributed by atoms with van der Waals surface area (Å²) in [5.74, 6) is -0.549. The molecular formula is C21H17F2N3O3S. The number of halogens is 2. The smallest absolute Gasteiger partial charge is 0.311 e. The van der Waals surface area contributed by atoms with E-state index in [4.69, 9.17) is 9.47 Å². The number of carbonyl (C=O) groups is 1. The van der Waals surface area contributed by atoms with Gasteiger partial charge in [-0.1, -0.05) is 6.07 Å². The maximum atomic E-state index is 14.8. The van der Waals surface area contributed by atoms with Gasteiger partial charge in [0.25, 0.3) is 0 Å². The minimum atomic E-state index is -0.503. The first-order valence-corrected chi connectivity index (χ1v) is 9.81. The zero-order valence-corrected chi connectivity index (χ0v) is 16.9. The van der Waals surface area contributed by atoms with Gasteiger partial charge in [-0.05, 0) is 36.4 Å². The van der Waals surface area contributed by atoms with Crippen LogP contribution in [0.2, 0.25) is 0 Å². The molecule has 2 heterocycles. The van der Waals surface area contributed by atoms with Crippen molar-refractivity contribution in [2.24, 2.45) is 0 Å². The van der Waals surface area contributed by atoms with Crippen molar-refractivity contribution in [2.45, 2.75) is 6.42 Å². The van der Waals surface area contributed by atoms with Crippen molar-refractivity contribution in [3.05, 3.63) is 65.2 Å². The van der Waals surface area contributed by atoms with E-state index in [9.17, 15) is 13.6 Å². The zero-order chi connectivity index (χ0) is 21.3. The number of esters is 1. The van der Waals surface area contributed by atoms with Gasteiger partial charge in [0.2, 0.25) is 0 Å². The van der Waals surface area contributed by atoms with Gasteiger partial charge in [-0.2, -0.15) is 0 Å². The van der Waals surface area contributed by atoms with Gasteiger partial charge in [0.05, 0.1) is 26.2 Å². The predicted octanol–water partition coefficient (Wildman–Crippen LogP) is 4.81. The first-order chi connectivity index (χ1) is 14.5. The Bertz CT molecular complexity index is 1220. The number of nitrogens with zero attached hydrogens (tertiary/aromatic N) is 2. The minimum absolute atomic E-state index is 0.0127. The van der Waals surface area contributed by atoms with Gasteiger partial charge in [0.1, 0.15) is 28.9 Å². The van der Waals surface area contributed by atoms with Crippen LogP contribution in [0.25, 0.3) is 16.2 Å². The standard InChI is InChI=1S/C21H17F2N3O3S/c1-28-16-5-3-4-15(23)18(16)19-20(24-13-8-6-12(22)7-9-13)26-14(10-17(27)29-2)11-30-21(26)25-19/h3-9,11,24H,10H2,1-2H3. The van der Waals surface area contributed by atoms with Gasteiger partial charge < -0.3 is 14.8 Å². The number of thiazole rings is 1. The van der Waals surface area contributed by atoms with Crippen molar-refractivity contribution in [3.63, 3.8) is 0 Å². The average Bonchev–Trinajstić information content (AvgIpc) is 3.29. The summed E-state index contributed by atoms with van der Waals surface area (Å²) in [6.07, 6.45) is 0.0127. The summed E-state index contributed by atoms with van der Waals surface area (Å²) >= 11 is 1.31. The van der Waals surface area contributed by atoms with Crippen molar-refractivity contribution in [1.29, 1.82) is 0 Å². The van der Waals surface area contributed by atoms with Crippen molar-refractivity contribution in [3.8, 4) is 17.0 Å². The number of fused-ring (bicyclic) bond motifs is 1. The molecule has 0 aliphatic rings. The van der Waals surface area contributed by atoms with Gasteiger partial charge in [0, 0.05) is 16.8 Å². The average molecular weight is 429 g/mol. The van der Waals surface area contributed by atoms with Crippen LogP contribution in [0.5, 0.6) is 5.75 Å². The molecule has 30 heavy (non-hydrogen) atoms. The number of hydrogen-bond acceptors (Lipinski definition) is 6. The van der Waals surface area contributed by atoms with E-state index in [2.05, 4.69) is 10.3 Å². The van der Waals surface area contributed by atoms with E-state index in [0.29, 0.717) is 33.6 Å². The Kier molecular flexibility index (Phi) is 5.37. The molecule has 154 valence electrons. The van der Waals surface area contributed by atoms with E-state index in [1.807, 2.05) is 0 Å². The number of nitrogens with one attached hydrogen (secondary N) is 1. The number of hydrogen-bond donors (Lipinski definition) is 1. The molecule has 0 amide bonds. The Hall–Kier alpha value is -3.46. The van der Waals surface area contributed by atoms with E-state index in [-0.39, 0.29) is 17.8 Å². The number of methoxy groups -OCH3 is 2. The summed E-state index contributed by atoms with van der Waals surface area (Å²) in [4.78, 5) is 17.0. The highest BCUT2D eigenvalue weighted by molar-refractivity contribution is 7.15. The summed E-state index contributed by atoms with van der Waals surface area (Å²) in [5.41, 5.74) is 1.70. The molecule has 2 aromatic carbocycles. The van der Waals surface area contributed by atoms with Gasteiger partial charge in [-0.25, -0.2) is 13.8 Å². The van der Waals surface area contributed by atoms with Crippen LogP contribution in [-0.2, 0) is 16.0 Å². The molecule has 4 rings (SSSR count). The molecular weight excluding hydrogens is 412 g/mol. The topological polar surface area (TPSA) is 64.9 Å². The van der Waals surface area contributed by atoms with E-state index < -0.39 is 11.8 Å². The van der Waals surface area contributed by atoms with Crippen LogP contribution < -0.4 is 10.1 Å².